The second-order valence-corrected chi connectivity index (χ2v) is 5.91. The van der Waals surface area contributed by atoms with Crippen LogP contribution < -0.4 is 4.74 Å². The Bertz CT molecular complexity index is 489. The number of aliphatic carboxylic acids is 1. The summed E-state index contributed by atoms with van der Waals surface area (Å²) in [5.74, 6) is -0.932. The van der Waals surface area contributed by atoms with E-state index in [-0.39, 0.29) is 13.2 Å². The van der Waals surface area contributed by atoms with Gasteiger partial charge >= 0.3 is 13.6 Å². The lowest BCUT2D eigenvalue weighted by Crippen LogP contribution is -2.48. The number of para-hydroxylation sites is 1. The lowest BCUT2D eigenvalue weighted by atomic mass is 10.3. The highest BCUT2D eigenvalue weighted by Crippen LogP contribution is 2.37. The molecule has 1 rings (SSSR count). The van der Waals surface area contributed by atoms with E-state index in [9.17, 15) is 14.6 Å². The number of hydroxylamine groups is 3. The molecule has 0 aliphatic carbocycles. The number of benzene rings is 1. The Morgan fingerprint density at radius 3 is 2.40 bits per heavy atom. The number of carboxylic acids is 1. The Balaban J connectivity index is 2.61. The lowest BCUT2D eigenvalue weighted by molar-refractivity contribution is -0.862. The van der Waals surface area contributed by atoms with Gasteiger partial charge in [0.2, 0.25) is 0 Å². The van der Waals surface area contributed by atoms with Gasteiger partial charge in [0.05, 0.1) is 0 Å². The molecule has 1 unspecified atom stereocenters. The summed E-state index contributed by atoms with van der Waals surface area (Å²) in [6, 6.07) is 8.53. The average Bonchev–Trinajstić information content (AvgIpc) is 2.26. The number of hydrogen-bond acceptors (Lipinski definition) is 4. The van der Waals surface area contributed by atoms with Crippen LogP contribution >= 0.6 is 7.60 Å². The lowest BCUT2D eigenvalue weighted by Gasteiger charge is -2.40. The van der Waals surface area contributed by atoms with Crippen LogP contribution in [0.1, 0.15) is 0 Å². The molecular weight excluding hydrogens is 289 g/mol. The third-order valence-electron chi connectivity index (χ3n) is 2.38. The van der Waals surface area contributed by atoms with Gasteiger partial charge in [-0.25, -0.2) is 4.79 Å². The fourth-order valence-corrected chi connectivity index (χ4v) is 2.54. The summed E-state index contributed by atoms with van der Waals surface area (Å²) in [5, 5.41) is 20.8. The first-order chi connectivity index (χ1) is 9.20. The molecule has 0 saturated heterocycles. The summed E-state index contributed by atoms with van der Waals surface area (Å²) < 4.78 is 14.6. The van der Waals surface area contributed by atoms with Gasteiger partial charge in [0.25, 0.3) is 0 Å². The van der Waals surface area contributed by atoms with Crippen LogP contribution in [0, 0.1) is 5.21 Å². The van der Waals surface area contributed by atoms with Crippen LogP contribution in [-0.2, 0) is 9.36 Å². The molecule has 0 radical (unpaired) electrons. The Hall–Kier alpha value is -1.44. The van der Waals surface area contributed by atoms with Crippen molar-refractivity contribution in [2.45, 2.75) is 0 Å². The van der Waals surface area contributed by atoms with Crippen molar-refractivity contribution >= 4 is 13.6 Å². The molecule has 20 heavy (non-hydrogen) atoms. The predicted octanol–water partition coefficient (Wildman–Crippen LogP) is 0.600. The van der Waals surface area contributed by atoms with E-state index in [1.54, 1.807) is 30.3 Å². The molecule has 9 heteroatoms. The number of hydrogen-bond donors (Lipinski definition) is 3. The van der Waals surface area contributed by atoms with E-state index in [4.69, 9.17) is 19.6 Å². The van der Waals surface area contributed by atoms with Crippen molar-refractivity contribution in [1.82, 2.24) is 0 Å². The normalized spacial score (nSPS) is 14.6. The predicted molar refractivity (Wildman–Crippen MR) is 69.8 cm³/mol. The largest absolute Gasteiger partial charge is 0.632 e. The van der Waals surface area contributed by atoms with Crippen molar-refractivity contribution in [2.75, 3.05) is 26.0 Å². The van der Waals surface area contributed by atoms with Crippen molar-refractivity contribution in [3.05, 3.63) is 35.5 Å². The molecule has 0 fully saturated rings. The van der Waals surface area contributed by atoms with Gasteiger partial charge in [0.1, 0.15) is 18.9 Å². The summed E-state index contributed by atoms with van der Waals surface area (Å²) in [6.45, 7) is -1.43. The molecule has 1 atom stereocenters. The number of rotatable bonds is 8. The molecule has 112 valence electrons. The molecule has 0 heterocycles. The monoisotopic (exact) mass is 305 g/mol. The zero-order valence-corrected chi connectivity index (χ0v) is 11.5. The average molecular weight is 305 g/mol. The van der Waals surface area contributed by atoms with E-state index in [1.165, 1.54) is 0 Å². The van der Waals surface area contributed by atoms with Gasteiger partial charge in [0, 0.05) is 0 Å². The maximum atomic E-state index is 12.1. The minimum absolute atomic E-state index is 0.138. The van der Waals surface area contributed by atoms with E-state index in [0.29, 0.717) is 5.75 Å². The highest BCUT2D eigenvalue weighted by molar-refractivity contribution is 7.51. The second kappa shape index (κ2) is 6.83. The third kappa shape index (κ3) is 6.65. The summed E-state index contributed by atoms with van der Waals surface area (Å²) in [7, 11) is -4.61. The Labute approximate surface area is 115 Å². The van der Waals surface area contributed by atoms with Crippen LogP contribution in [0.4, 0.5) is 0 Å². The van der Waals surface area contributed by atoms with Crippen LogP contribution in [0.3, 0.4) is 0 Å². The zero-order valence-electron chi connectivity index (χ0n) is 10.6. The number of nitrogens with zero attached hydrogens (tertiary/aromatic N) is 1. The Kier molecular flexibility index (Phi) is 5.67. The molecule has 0 saturated carbocycles. The van der Waals surface area contributed by atoms with Crippen molar-refractivity contribution in [1.29, 1.82) is 0 Å². The van der Waals surface area contributed by atoms with E-state index in [1.807, 2.05) is 0 Å². The van der Waals surface area contributed by atoms with Crippen molar-refractivity contribution in [2.24, 2.45) is 0 Å². The molecule has 0 aliphatic rings. The van der Waals surface area contributed by atoms with Crippen molar-refractivity contribution in [3.8, 4) is 5.75 Å². The SMILES string of the molecule is O=C(O)C[N+]([O-])(CCOc1ccccc1)CP(=O)(O)O. The Morgan fingerprint density at radius 1 is 1.30 bits per heavy atom. The van der Waals surface area contributed by atoms with Crippen LogP contribution in [-0.4, -0.2) is 51.5 Å². The van der Waals surface area contributed by atoms with E-state index in [0.717, 1.165) is 0 Å². The van der Waals surface area contributed by atoms with Gasteiger partial charge in [0.15, 0.2) is 12.8 Å². The summed E-state index contributed by atoms with van der Waals surface area (Å²) in [4.78, 5) is 28.3. The summed E-state index contributed by atoms with van der Waals surface area (Å²) >= 11 is 0. The van der Waals surface area contributed by atoms with Gasteiger partial charge in [-0.2, -0.15) is 0 Å². The van der Waals surface area contributed by atoms with Crippen LogP contribution in [0.25, 0.3) is 0 Å². The maximum Gasteiger partial charge on any atom is 0.379 e. The van der Waals surface area contributed by atoms with Crippen molar-refractivity contribution in [3.63, 3.8) is 0 Å². The van der Waals surface area contributed by atoms with E-state index >= 15 is 0 Å². The van der Waals surface area contributed by atoms with Crippen LogP contribution in [0.2, 0.25) is 0 Å². The van der Waals surface area contributed by atoms with Crippen LogP contribution in [0.5, 0.6) is 5.75 Å². The molecule has 3 N–H and O–H groups in total. The number of carbonyl (C=O) groups is 1. The first kappa shape index (κ1) is 16.6. The second-order valence-electron chi connectivity index (χ2n) is 4.30. The Morgan fingerprint density at radius 2 is 1.90 bits per heavy atom. The molecule has 0 aromatic heterocycles. The third-order valence-corrected chi connectivity index (χ3v) is 3.26. The minimum atomic E-state index is -4.61. The molecule has 0 bridgehead atoms. The molecule has 1 aromatic carbocycles. The van der Waals surface area contributed by atoms with Gasteiger partial charge in [-0.1, -0.05) is 18.2 Å². The highest BCUT2D eigenvalue weighted by atomic mass is 31.2. The highest BCUT2D eigenvalue weighted by Gasteiger charge is 2.30. The molecule has 8 nitrogen and oxygen atoms in total. The fraction of sp³-hybridized carbons (Fsp3) is 0.364. The van der Waals surface area contributed by atoms with Crippen LogP contribution in [0.15, 0.2) is 30.3 Å². The van der Waals surface area contributed by atoms with Gasteiger partial charge < -0.3 is 29.5 Å². The molecular formula is C11H16NO7P. The number of ether oxygens (including phenoxy) is 1. The fourth-order valence-electron chi connectivity index (χ4n) is 1.63. The smallest absolute Gasteiger partial charge is 0.379 e. The quantitative estimate of drug-likeness (QED) is 0.364. The first-order valence-electron chi connectivity index (χ1n) is 5.71. The van der Waals surface area contributed by atoms with E-state index < -0.39 is 31.0 Å². The van der Waals surface area contributed by atoms with Gasteiger partial charge in [-0.3, -0.25) is 4.57 Å². The minimum Gasteiger partial charge on any atom is -0.632 e. The first-order valence-corrected chi connectivity index (χ1v) is 7.51. The summed E-state index contributed by atoms with van der Waals surface area (Å²) in [5.41, 5.74) is 0. The number of carboxylic acid groups (broad SMARTS) is 1. The maximum absolute atomic E-state index is 12.1. The molecule has 0 amide bonds. The van der Waals surface area contributed by atoms with Gasteiger partial charge in [-0.05, 0) is 12.1 Å². The standard InChI is InChI=1S/C11H16NO7P/c13-11(14)8-12(15,9-20(16,17)18)6-7-19-10-4-2-1-3-5-10/h1-5H,6-9H2,(H,13,14)(H2,16,17,18). The topological polar surface area (TPSA) is 127 Å². The molecule has 0 aliphatic heterocycles. The molecule has 0 spiro atoms. The zero-order chi connectivity index (χ0) is 15.2. The summed E-state index contributed by atoms with van der Waals surface area (Å²) in [6.07, 6.45) is -1.09. The van der Waals surface area contributed by atoms with Crippen molar-refractivity contribution < 1.29 is 33.6 Å². The molecule has 1 aromatic rings. The van der Waals surface area contributed by atoms with Gasteiger partial charge in [-0.15, -0.1) is 0 Å². The number of quaternary nitrogens is 1. The van der Waals surface area contributed by atoms with E-state index in [2.05, 4.69) is 0 Å².